The maximum absolute atomic E-state index is 11.9. The summed E-state index contributed by atoms with van der Waals surface area (Å²) in [6.07, 6.45) is 1.25. The smallest absolute Gasteiger partial charge is 0.222 e. The largest absolute Gasteiger partial charge is 0.341 e. The van der Waals surface area contributed by atoms with Crippen molar-refractivity contribution in [2.75, 3.05) is 12.9 Å². The molecule has 0 atom stereocenters. The Morgan fingerprint density at radius 1 is 1.16 bits per heavy atom. The van der Waals surface area contributed by atoms with Crippen LogP contribution in [-0.2, 0) is 11.3 Å². The van der Waals surface area contributed by atoms with Crippen molar-refractivity contribution in [3.63, 3.8) is 0 Å². The SMILES string of the molecule is CN(Cc1cccc2ccccc12)C(=O)CCCCl. The van der Waals surface area contributed by atoms with Crippen LogP contribution in [0.25, 0.3) is 10.8 Å². The number of fused-ring (bicyclic) bond motifs is 1. The lowest BCUT2D eigenvalue weighted by Gasteiger charge is -2.18. The van der Waals surface area contributed by atoms with E-state index in [1.54, 1.807) is 4.90 Å². The van der Waals surface area contributed by atoms with E-state index < -0.39 is 0 Å². The minimum absolute atomic E-state index is 0.147. The monoisotopic (exact) mass is 275 g/mol. The van der Waals surface area contributed by atoms with E-state index >= 15 is 0 Å². The van der Waals surface area contributed by atoms with Gasteiger partial charge in [0, 0.05) is 25.9 Å². The summed E-state index contributed by atoms with van der Waals surface area (Å²) in [6, 6.07) is 14.5. The maximum Gasteiger partial charge on any atom is 0.222 e. The van der Waals surface area contributed by atoms with Crippen LogP contribution in [0.2, 0.25) is 0 Å². The number of hydrogen-bond acceptors (Lipinski definition) is 1. The Bertz CT molecular complexity index is 562. The second-order valence-corrected chi connectivity index (χ2v) is 5.06. The number of carbonyl (C=O) groups excluding carboxylic acids is 1. The fraction of sp³-hybridized carbons (Fsp3) is 0.312. The number of carbonyl (C=O) groups is 1. The highest BCUT2D eigenvalue weighted by atomic mass is 35.5. The van der Waals surface area contributed by atoms with Crippen molar-refractivity contribution in [1.82, 2.24) is 4.90 Å². The van der Waals surface area contributed by atoms with E-state index in [1.165, 1.54) is 16.3 Å². The van der Waals surface area contributed by atoms with Crippen LogP contribution in [0.3, 0.4) is 0 Å². The van der Waals surface area contributed by atoms with Gasteiger partial charge in [0.25, 0.3) is 0 Å². The average molecular weight is 276 g/mol. The molecule has 0 N–H and O–H groups in total. The van der Waals surface area contributed by atoms with Crippen molar-refractivity contribution < 1.29 is 4.79 Å². The van der Waals surface area contributed by atoms with Crippen molar-refractivity contribution in [2.45, 2.75) is 19.4 Å². The van der Waals surface area contributed by atoms with Gasteiger partial charge in [-0.3, -0.25) is 4.79 Å². The Morgan fingerprint density at radius 2 is 1.89 bits per heavy atom. The summed E-state index contributed by atoms with van der Waals surface area (Å²) in [7, 11) is 1.85. The Hall–Kier alpha value is -1.54. The lowest BCUT2D eigenvalue weighted by atomic mass is 10.0. The van der Waals surface area contributed by atoms with Crippen LogP contribution in [0.5, 0.6) is 0 Å². The Morgan fingerprint density at radius 3 is 2.68 bits per heavy atom. The third kappa shape index (κ3) is 3.48. The molecule has 0 saturated heterocycles. The molecular weight excluding hydrogens is 258 g/mol. The number of benzene rings is 2. The molecule has 0 radical (unpaired) electrons. The zero-order valence-corrected chi connectivity index (χ0v) is 11.9. The molecule has 0 aliphatic carbocycles. The molecule has 0 bridgehead atoms. The number of rotatable bonds is 5. The molecule has 2 nitrogen and oxygen atoms in total. The Balaban J connectivity index is 2.15. The van der Waals surface area contributed by atoms with E-state index in [-0.39, 0.29) is 5.91 Å². The summed E-state index contributed by atoms with van der Waals surface area (Å²) in [6.45, 7) is 0.641. The van der Waals surface area contributed by atoms with Crippen LogP contribution in [0.4, 0.5) is 0 Å². The second kappa shape index (κ2) is 6.58. The Kier molecular flexibility index (Phi) is 4.80. The van der Waals surface area contributed by atoms with Gasteiger partial charge in [0.05, 0.1) is 0 Å². The zero-order chi connectivity index (χ0) is 13.7. The molecule has 2 aromatic carbocycles. The molecule has 0 unspecified atom stereocenters. The first-order valence-electron chi connectivity index (χ1n) is 6.49. The summed E-state index contributed by atoms with van der Waals surface area (Å²) in [5.74, 6) is 0.682. The van der Waals surface area contributed by atoms with E-state index in [9.17, 15) is 4.79 Å². The predicted octanol–water partition coefficient (Wildman–Crippen LogP) is 3.82. The topological polar surface area (TPSA) is 20.3 Å². The van der Waals surface area contributed by atoms with E-state index in [4.69, 9.17) is 11.6 Å². The van der Waals surface area contributed by atoms with Gasteiger partial charge in [0.2, 0.25) is 5.91 Å². The molecule has 2 aromatic rings. The summed E-state index contributed by atoms with van der Waals surface area (Å²) >= 11 is 5.62. The van der Waals surface area contributed by atoms with Gasteiger partial charge in [-0.05, 0) is 22.8 Å². The van der Waals surface area contributed by atoms with Gasteiger partial charge in [-0.15, -0.1) is 11.6 Å². The molecule has 0 aromatic heterocycles. The summed E-state index contributed by atoms with van der Waals surface area (Å²) in [4.78, 5) is 13.7. The third-order valence-electron chi connectivity index (χ3n) is 3.24. The minimum Gasteiger partial charge on any atom is -0.341 e. The standard InChI is InChI=1S/C16H18ClNO/c1-18(16(19)10-5-11-17)12-14-8-4-7-13-6-2-3-9-15(13)14/h2-4,6-9H,5,10-12H2,1H3. The van der Waals surface area contributed by atoms with Gasteiger partial charge in [-0.1, -0.05) is 42.5 Å². The number of nitrogens with zero attached hydrogens (tertiary/aromatic N) is 1. The van der Waals surface area contributed by atoms with E-state index in [2.05, 4.69) is 24.3 Å². The zero-order valence-electron chi connectivity index (χ0n) is 11.1. The van der Waals surface area contributed by atoms with Crippen LogP contribution in [0.15, 0.2) is 42.5 Å². The molecule has 3 heteroatoms. The fourth-order valence-corrected chi connectivity index (χ4v) is 2.32. The molecule has 2 rings (SSSR count). The second-order valence-electron chi connectivity index (χ2n) is 4.68. The van der Waals surface area contributed by atoms with Crippen molar-refractivity contribution in [2.24, 2.45) is 0 Å². The molecule has 0 aliphatic heterocycles. The van der Waals surface area contributed by atoms with Gasteiger partial charge in [0.1, 0.15) is 0 Å². The number of hydrogen-bond donors (Lipinski definition) is 0. The molecule has 0 fully saturated rings. The first-order valence-corrected chi connectivity index (χ1v) is 7.02. The quantitative estimate of drug-likeness (QED) is 0.760. The molecular formula is C16H18ClNO. The highest BCUT2D eigenvalue weighted by molar-refractivity contribution is 6.17. The summed E-state index contributed by atoms with van der Waals surface area (Å²) in [5.41, 5.74) is 1.18. The molecule has 1 amide bonds. The normalized spacial score (nSPS) is 10.6. The van der Waals surface area contributed by atoms with Gasteiger partial charge < -0.3 is 4.90 Å². The fourth-order valence-electron chi connectivity index (χ4n) is 2.18. The Labute approximate surface area is 119 Å². The van der Waals surface area contributed by atoms with Crippen LogP contribution in [0.1, 0.15) is 18.4 Å². The molecule has 19 heavy (non-hydrogen) atoms. The van der Waals surface area contributed by atoms with Crippen LogP contribution in [0, 0.1) is 0 Å². The number of halogens is 1. The average Bonchev–Trinajstić information content (AvgIpc) is 2.45. The van der Waals surface area contributed by atoms with Crippen LogP contribution >= 0.6 is 11.6 Å². The molecule has 0 spiro atoms. The first kappa shape index (κ1) is 13.9. The highest BCUT2D eigenvalue weighted by Crippen LogP contribution is 2.19. The lowest BCUT2D eigenvalue weighted by molar-refractivity contribution is -0.130. The molecule has 0 aliphatic rings. The van der Waals surface area contributed by atoms with Crippen molar-refractivity contribution >= 4 is 28.3 Å². The van der Waals surface area contributed by atoms with Crippen molar-refractivity contribution in [3.05, 3.63) is 48.0 Å². The van der Waals surface area contributed by atoms with Crippen LogP contribution in [-0.4, -0.2) is 23.7 Å². The summed E-state index contributed by atoms with van der Waals surface area (Å²) < 4.78 is 0. The predicted molar refractivity (Wildman–Crippen MR) is 80.4 cm³/mol. The third-order valence-corrected chi connectivity index (χ3v) is 3.50. The van der Waals surface area contributed by atoms with Crippen LogP contribution < -0.4 is 0 Å². The molecule has 0 heterocycles. The molecule has 100 valence electrons. The van der Waals surface area contributed by atoms with Gasteiger partial charge in [0.15, 0.2) is 0 Å². The highest BCUT2D eigenvalue weighted by Gasteiger charge is 2.10. The van der Waals surface area contributed by atoms with E-state index in [0.29, 0.717) is 18.8 Å². The number of amides is 1. The summed E-state index contributed by atoms with van der Waals surface area (Å²) in [5, 5.41) is 2.42. The van der Waals surface area contributed by atoms with E-state index in [1.807, 2.05) is 25.2 Å². The van der Waals surface area contributed by atoms with Gasteiger partial charge in [-0.25, -0.2) is 0 Å². The maximum atomic E-state index is 11.9. The van der Waals surface area contributed by atoms with E-state index in [0.717, 1.165) is 6.42 Å². The minimum atomic E-state index is 0.147. The lowest BCUT2D eigenvalue weighted by Crippen LogP contribution is -2.26. The van der Waals surface area contributed by atoms with Crippen molar-refractivity contribution in [1.29, 1.82) is 0 Å². The van der Waals surface area contributed by atoms with Gasteiger partial charge in [-0.2, -0.15) is 0 Å². The first-order chi connectivity index (χ1) is 9.22. The number of alkyl halides is 1. The van der Waals surface area contributed by atoms with Gasteiger partial charge >= 0.3 is 0 Å². The molecule has 0 saturated carbocycles. The van der Waals surface area contributed by atoms with Crippen molar-refractivity contribution in [3.8, 4) is 0 Å².